The second kappa shape index (κ2) is 1.57. The molecule has 3 nitrogen and oxygen atoms in total. The van der Waals surface area contributed by atoms with Gasteiger partial charge in [0.2, 0.25) is 0 Å². The van der Waals surface area contributed by atoms with Crippen LogP contribution in [-0.2, 0) is 10.1 Å². The van der Waals surface area contributed by atoms with Crippen molar-refractivity contribution in [2.24, 2.45) is 0 Å². The van der Waals surface area contributed by atoms with Gasteiger partial charge in [0.1, 0.15) is 0 Å². The topological polar surface area (TPSA) is 54.4 Å². The fourth-order valence-corrected chi connectivity index (χ4v) is 0. The van der Waals surface area contributed by atoms with Crippen molar-refractivity contribution in [1.29, 1.82) is 0 Å². The highest BCUT2D eigenvalue weighted by atomic mass is 32.2. The summed E-state index contributed by atoms with van der Waals surface area (Å²) in [7, 11) is -4.51. The zero-order valence-corrected chi connectivity index (χ0v) is 3.99. The Morgan fingerprint density at radius 2 is 2.17 bits per heavy atom. The van der Waals surface area contributed by atoms with Crippen molar-refractivity contribution in [2.45, 2.75) is 6.92 Å². The Morgan fingerprint density at radius 3 is 2.17 bits per heavy atom. The van der Waals surface area contributed by atoms with Crippen LogP contribution in [0.15, 0.2) is 0 Å². The van der Waals surface area contributed by atoms with Gasteiger partial charge in [-0.15, -0.1) is 0 Å². The van der Waals surface area contributed by atoms with Crippen LogP contribution in [0.2, 0.25) is 0 Å². The maximum atomic E-state index is 9.83. The van der Waals surface area contributed by atoms with Crippen molar-refractivity contribution in [1.82, 2.24) is 0 Å². The molecule has 0 aromatic heterocycles. The average Bonchev–Trinajstić information content (AvgIpc) is 1.25. The molecule has 0 unspecified atom stereocenters. The zero-order valence-electron chi connectivity index (χ0n) is 5.17. The van der Waals surface area contributed by atoms with Gasteiger partial charge in [0.25, 0.3) is 10.1 Å². The molecule has 0 aliphatic heterocycles. The van der Waals surface area contributed by atoms with E-state index < -0.39 is 15.8 Å². The van der Waals surface area contributed by atoms with E-state index in [9.17, 15) is 8.42 Å². The van der Waals surface area contributed by atoms with Crippen molar-refractivity contribution in [3.05, 3.63) is 0 Å². The smallest absolute Gasteiger partial charge is 0.264 e. The van der Waals surface area contributed by atoms with E-state index in [1.807, 2.05) is 0 Å². The lowest BCUT2D eigenvalue weighted by atomic mass is 11.0. The largest absolute Gasteiger partial charge is 0.286 e. The molecule has 0 saturated heterocycles. The molecular weight excluding hydrogens is 104 g/mol. The Morgan fingerprint density at radius 1 is 2.00 bits per heavy atom. The van der Waals surface area contributed by atoms with Gasteiger partial charge < -0.3 is 0 Å². The third-order valence-electron chi connectivity index (χ3n) is 0.258. The lowest BCUT2D eigenvalue weighted by molar-refractivity contribution is 0.484. The van der Waals surface area contributed by atoms with E-state index in [4.69, 9.17) is 7.29 Å². The molecule has 0 aromatic carbocycles. The number of rotatable bonds is 1. The normalized spacial score (nSPS) is 19.0. The van der Waals surface area contributed by atoms with Gasteiger partial charge in [0, 0.05) is 2.74 Å². The van der Waals surface area contributed by atoms with Crippen LogP contribution in [0.3, 0.4) is 0 Å². The van der Waals surface area contributed by atoms with E-state index in [0.29, 0.717) is 0 Å². The van der Waals surface area contributed by atoms with E-state index in [0.717, 1.165) is 6.92 Å². The number of hydrogen-bond acceptors (Lipinski definition) is 2. The lowest BCUT2D eigenvalue weighted by Crippen LogP contribution is -1.97. The molecule has 0 spiro atoms. The Labute approximate surface area is 39.5 Å². The van der Waals surface area contributed by atoms with Crippen molar-refractivity contribution in [3.63, 3.8) is 0 Å². The molecule has 0 rings (SSSR count). The summed E-state index contributed by atoms with van der Waals surface area (Å²) in [4.78, 5) is 0. The van der Waals surface area contributed by atoms with Crippen LogP contribution in [0.5, 0.6) is 0 Å². The minimum atomic E-state index is -4.51. The standard InChI is InChI=1S/C2H6O3S/c1-2-6(3,4)5/h2H2,1H3,(H,3,4,5)/i2D2. The molecule has 0 bridgehead atoms. The van der Waals surface area contributed by atoms with Crippen LogP contribution in [0, 0.1) is 0 Å². The summed E-state index contributed by atoms with van der Waals surface area (Å²) in [5.41, 5.74) is -2.53. The first-order chi connectivity index (χ1) is 3.25. The first-order valence-corrected chi connectivity index (χ1v) is 2.66. The average molecular weight is 112 g/mol. The Balaban J connectivity index is 4.53. The van der Waals surface area contributed by atoms with Gasteiger partial charge in [-0.05, 0) is 6.92 Å². The first kappa shape index (κ1) is 2.98. The van der Waals surface area contributed by atoms with Gasteiger partial charge in [-0.2, -0.15) is 8.42 Å². The summed E-state index contributed by atoms with van der Waals surface area (Å²) in [6, 6.07) is 0. The first-order valence-electron chi connectivity index (χ1n) is 2.22. The number of hydrogen-bond donors (Lipinski definition) is 1. The second-order valence-corrected chi connectivity index (χ2v) is 2.04. The molecule has 4 heteroatoms. The van der Waals surface area contributed by atoms with E-state index in [1.165, 1.54) is 0 Å². The predicted molar refractivity (Wildman–Crippen MR) is 22.1 cm³/mol. The van der Waals surface area contributed by atoms with Gasteiger partial charge in [0.15, 0.2) is 0 Å². The molecule has 0 atom stereocenters. The quantitative estimate of drug-likeness (QED) is 0.482. The summed E-state index contributed by atoms with van der Waals surface area (Å²) in [5.74, 6) is 0. The van der Waals surface area contributed by atoms with Crippen LogP contribution >= 0.6 is 0 Å². The molecule has 0 fully saturated rings. The molecular formula is C2H6O3S. The minimum absolute atomic E-state index is 0.766. The highest BCUT2D eigenvalue weighted by Crippen LogP contribution is 1.74. The van der Waals surface area contributed by atoms with Crippen LogP contribution < -0.4 is 0 Å². The van der Waals surface area contributed by atoms with Crippen molar-refractivity contribution in [3.8, 4) is 0 Å². The van der Waals surface area contributed by atoms with Crippen LogP contribution in [-0.4, -0.2) is 18.7 Å². The third-order valence-corrected chi connectivity index (χ3v) is 0.774. The zero-order chi connectivity index (χ0) is 7.00. The molecule has 0 aliphatic rings. The monoisotopic (exact) mass is 112 g/mol. The lowest BCUT2D eigenvalue weighted by Gasteiger charge is -1.79. The van der Waals surface area contributed by atoms with E-state index in [2.05, 4.69) is 0 Å². The van der Waals surface area contributed by atoms with Gasteiger partial charge in [-0.25, -0.2) is 0 Å². The van der Waals surface area contributed by atoms with Gasteiger partial charge in [-0.1, -0.05) is 0 Å². The summed E-state index contributed by atoms with van der Waals surface area (Å²) in [6.07, 6.45) is 0. The fourth-order valence-electron chi connectivity index (χ4n) is 0. The predicted octanol–water partition coefficient (Wildman–Crippen LogP) is -0.106. The molecule has 38 valence electrons. The highest BCUT2D eigenvalue weighted by molar-refractivity contribution is 7.85. The van der Waals surface area contributed by atoms with Gasteiger partial charge in [-0.3, -0.25) is 4.55 Å². The molecule has 6 heavy (non-hydrogen) atoms. The van der Waals surface area contributed by atoms with Crippen molar-refractivity contribution < 1.29 is 15.7 Å². The Bertz CT molecular complexity index is 164. The van der Waals surface area contributed by atoms with E-state index in [-0.39, 0.29) is 0 Å². The molecule has 0 radical (unpaired) electrons. The fraction of sp³-hybridized carbons (Fsp3) is 1.00. The summed E-state index contributed by atoms with van der Waals surface area (Å²) < 4.78 is 40.4. The van der Waals surface area contributed by atoms with Crippen LogP contribution in [0.4, 0.5) is 0 Å². The minimum Gasteiger partial charge on any atom is -0.286 e. The van der Waals surface area contributed by atoms with E-state index in [1.54, 1.807) is 0 Å². The summed E-state index contributed by atoms with van der Waals surface area (Å²) in [5, 5.41) is 0. The maximum Gasteiger partial charge on any atom is 0.264 e. The molecule has 0 heterocycles. The maximum absolute atomic E-state index is 9.83. The molecule has 0 aliphatic carbocycles. The molecule has 0 aromatic rings. The SMILES string of the molecule is [2H]C([2H])(C)S(=O)(=O)O. The van der Waals surface area contributed by atoms with Crippen molar-refractivity contribution >= 4 is 10.1 Å². The van der Waals surface area contributed by atoms with E-state index >= 15 is 0 Å². The second-order valence-electron chi connectivity index (χ2n) is 0.679. The molecule has 0 amide bonds. The van der Waals surface area contributed by atoms with Crippen LogP contribution in [0.1, 0.15) is 9.67 Å². The van der Waals surface area contributed by atoms with Gasteiger partial charge >= 0.3 is 0 Å². The van der Waals surface area contributed by atoms with Crippen molar-refractivity contribution in [2.75, 3.05) is 5.70 Å². The Kier molecular flexibility index (Phi) is 0.782. The molecule has 1 N–H and O–H groups in total. The highest BCUT2D eigenvalue weighted by Gasteiger charge is 1.93. The summed E-state index contributed by atoms with van der Waals surface area (Å²) >= 11 is 0. The molecule has 0 saturated carbocycles. The van der Waals surface area contributed by atoms with Crippen LogP contribution in [0.25, 0.3) is 0 Å². The third kappa shape index (κ3) is 3.91. The summed E-state index contributed by atoms with van der Waals surface area (Å²) in [6.45, 7) is 0.766. The Hall–Kier alpha value is -0.0900. The van der Waals surface area contributed by atoms with Gasteiger partial charge in [0.05, 0.1) is 5.70 Å².